The molecule has 0 fully saturated rings. The van der Waals surface area contributed by atoms with Gasteiger partial charge < -0.3 is 0 Å². The summed E-state index contributed by atoms with van der Waals surface area (Å²) in [4.78, 5) is 4.04. The van der Waals surface area contributed by atoms with Crippen molar-refractivity contribution in [1.29, 1.82) is 0 Å². The van der Waals surface area contributed by atoms with E-state index in [9.17, 15) is 0 Å². The van der Waals surface area contributed by atoms with Gasteiger partial charge in [0.2, 0.25) is 0 Å². The second-order valence-corrected chi connectivity index (χ2v) is 2.64. The first-order valence-electron chi connectivity index (χ1n) is 4.18. The quantitative estimate of drug-likeness (QED) is 0.335. The molecule has 0 spiro atoms. The van der Waals surface area contributed by atoms with Gasteiger partial charge in [0.1, 0.15) is 0 Å². The average Bonchev–Trinajstić information content (AvgIpc) is 2.02. The fraction of sp³-hybridized carbons (Fsp3) is 0.364. The minimum atomic E-state index is 0.772. The van der Waals surface area contributed by atoms with Crippen molar-refractivity contribution in [3.05, 3.63) is 36.5 Å². The highest BCUT2D eigenvalue weighted by molar-refractivity contribution is 5.53. The minimum absolute atomic E-state index is 0.772. The third-order valence-electron chi connectivity index (χ3n) is 1.24. The Morgan fingerprint density at radius 1 is 1.33 bits per heavy atom. The van der Waals surface area contributed by atoms with Crippen molar-refractivity contribution in [3.8, 4) is 0 Å². The fourth-order valence-electron chi connectivity index (χ4n) is 0.653. The van der Waals surface area contributed by atoms with E-state index in [-0.39, 0.29) is 0 Å². The normalized spacial score (nSPS) is 12.2. The summed E-state index contributed by atoms with van der Waals surface area (Å²) in [5, 5.41) is 0. The number of aliphatic imine (C=N–C) groups is 1. The molecule has 0 rings (SSSR count). The SMILES string of the molecule is C=C(C)C/C=C\C=C/C/N=C\C. The maximum atomic E-state index is 4.04. The van der Waals surface area contributed by atoms with Crippen molar-refractivity contribution >= 4 is 6.21 Å². The van der Waals surface area contributed by atoms with Gasteiger partial charge in [0.15, 0.2) is 0 Å². The maximum absolute atomic E-state index is 4.04. The van der Waals surface area contributed by atoms with E-state index >= 15 is 0 Å². The number of nitrogens with zero attached hydrogens (tertiary/aromatic N) is 1. The summed E-state index contributed by atoms with van der Waals surface area (Å²) in [5.41, 5.74) is 1.19. The second-order valence-electron chi connectivity index (χ2n) is 2.64. The number of hydrogen-bond donors (Lipinski definition) is 0. The topological polar surface area (TPSA) is 12.4 Å². The average molecular weight is 163 g/mol. The molecule has 0 atom stereocenters. The van der Waals surface area contributed by atoms with Crippen LogP contribution in [0.2, 0.25) is 0 Å². The molecule has 12 heavy (non-hydrogen) atoms. The van der Waals surface area contributed by atoms with Gasteiger partial charge >= 0.3 is 0 Å². The zero-order valence-electron chi connectivity index (χ0n) is 7.96. The molecule has 0 aromatic rings. The summed E-state index contributed by atoms with van der Waals surface area (Å²) in [7, 11) is 0. The molecule has 1 heteroatoms. The molecule has 0 saturated heterocycles. The lowest BCUT2D eigenvalue weighted by atomic mass is 10.2. The van der Waals surface area contributed by atoms with Gasteiger partial charge in [-0.1, -0.05) is 36.5 Å². The van der Waals surface area contributed by atoms with Crippen LogP contribution < -0.4 is 0 Å². The molecule has 0 unspecified atom stereocenters. The zero-order valence-corrected chi connectivity index (χ0v) is 7.96. The molecule has 66 valence electrons. The highest BCUT2D eigenvalue weighted by atomic mass is 14.7. The van der Waals surface area contributed by atoms with Crippen LogP contribution in [0.5, 0.6) is 0 Å². The molecule has 0 N–H and O–H groups in total. The van der Waals surface area contributed by atoms with E-state index in [4.69, 9.17) is 0 Å². The fourth-order valence-corrected chi connectivity index (χ4v) is 0.653. The highest BCUT2D eigenvalue weighted by Crippen LogP contribution is 1.95. The van der Waals surface area contributed by atoms with E-state index < -0.39 is 0 Å². The van der Waals surface area contributed by atoms with Gasteiger partial charge in [-0.2, -0.15) is 0 Å². The number of hydrogen-bond acceptors (Lipinski definition) is 1. The third kappa shape index (κ3) is 8.89. The van der Waals surface area contributed by atoms with Crippen LogP contribution in [-0.2, 0) is 0 Å². The molecule has 0 bridgehead atoms. The van der Waals surface area contributed by atoms with Crippen molar-refractivity contribution in [2.75, 3.05) is 6.54 Å². The van der Waals surface area contributed by atoms with E-state index in [1.165, 1.54) is 5.57 Å². The van der Waals surface area contributed by atoms with Crippen molar-refractivity contribution in [3.63, 3.8) is 0 Å². The smallest absolute Gasteiger partial charge is 0.0569 e. The molecule has 0 aromatic heterocycles. The van der Waals surface area contributed by atoms with Gasteiger partial charge in [-0.25, -0.2) is 0 Å². The van der Waals surface area contributed by atoms with E-state index in [0.29, 0.717) is 0 Å². The Bertz CT molecular complexity index is 197. The predicted molar refractivity (Wildman–Crippen MR) is 56.7 cm³/mol. The molecule has 0 aromatic carbocycles. The Hall–Kier alpha value is -1.11. The summed E-state index contributed by atoms with van der Waals surface area (Å²) in [6, 6.07) is 0. The van der Waals surface area contributed by atoms with Crippen molar-refractivity contribution in [1.82, 2.24) is 0 Å². The van der Waals surface area contributed by atoms with Crippen LogP contribution in [0.1, 0.15) is 20.3 Å². The molecule has 0 aliphatic rings. The van der Waals surface area contributed by atoms with Crippen LogP contribution in [0.25, 0.3) is 0 Å². The third-order valence-corrected chi connectivity index (χ3v) is 1.24. The lowest BCUT2D eigenvalue weighted by Crippen LogP contribution is -1.70. The highest BCUT2D eigenvalue weighted by Gasteiger charge is 1.75. The van der Waals surface area contributed by atoms with Crippen molar-refractivity contribution in [2.24, 2.45) is 4.99 Å². The standard InChI is InChI=1S/C11H17N/c1-4-12-10-8-6-5-7-9-11(2)3/h4-8H,2,9-10H2,1,3H3/b7-5-,8-6-,12-4-. The van der Waals surface area contributed by atoms with Crippen molar-refractivity contribution in [2.45, 2.75) is 20.3 Å². The van der Waals surface area contributed by atoms with Gasteiger partial charge in [-0.15, -0.1) is 0 Å². The molecule has 0 radical (unpaired) electrons. The Morgan fingerprint density at radius 2 is 2.00 bits per heavy atom. The van der Waals surface area contributed by atoms with Crippen LogP contribution in [0.3, 0.4) is 0 Å². The zero-order chi connectivity index (χ0) is 9.23. The van der Waals surface area contributed by atoms with Gasteiger partial charge in [0.25, 0.3) is 0 Å². The number of rotatable bonds is 5. The molecular weight excluding hydrogens is 146 g/mol. The number of allylic oxidation sites excluding steroid dienone is 4. The first kappa shape index (κ1) is 10.9. The summed E-state index contributed by atoms with van der Waals surface area (Å²) in [5.74, 6) is 0. The molecule has 1 nitrogen and oxygen atoms in total. The van der Waals surface area contributed by atoms with Crippen LogP contribution in [0.15, 0.2) is 41.4 Å². The van der Waals surface area contributed by atoms with E-state index in [2.05, 4.69) is 17.6 Å². The van der Waals surface area contributed by atoms with E-state index in [0.717, 1.165) is 13.0 Å². The molecule has 0 aliphatic heterocycles. The Kier molecular flexibility index (Phi) is 7.25. The summed E-state index contributed by atoms with van der Waals surface area (Å²) < 4.78 is 0. The Morgan fingerprint density at radius 3 is 2.58 bits per heavy atom. The van der Waals surface area contributed by atoms with Crippen molar-refractivity contribution < 1.29 is 0 Å². The lowest BCUT2D eigenvalue weighted by molar-refractivity contribution is 1.22. The van der Waals surface area contributed by atoms with Gasteiger partial charge in [-0.3, -0.25) is 4.99 Å². The summed E-state index contributed by atoms with van der Waals surface area (Å²) >= 11 is 0. The van der Waals surface area contributed by atoms with E-state index in [1.807, 2.05) is 38.3 Å². The van der Waals surface area contributed by atoms with Gasteiger partial charge in [-0.05, 0) is 26.5 Å². The van der Waals surface area contributed by atoms with Crippen LogP contribution in [0, 0.1) is 0 Å². The monoisotopic (exact) mass is 163 g/mol. The lowest BCUT2D eigenvalue weighted by Gasteiger charge is -1.86. The summed E-state index contributed by atoms with van der Waals surface area (Å²) in [6.45, 7) is 8.52. The minimum Gasteiger partial charge on any atom is -0.294 e. The van der Waals surface area contributed by atoms with E-state index in [1.54, 1.807) is 0 Å². The predicted octanol–water partition coefficient (Wildman–Crippen LogP) is 3.16. The van der Waals surface area contributed by atoms with Crippen LogP contribution in [-0.4, -0.2) is 12.8 Å². The van der Waals surface area contributed by atoms with Gasteiger partial charge in [0, 0.05) is 0 Å². The molecule has 0 amide bonds. The molecule has 0 aliphatic carbocycles. The van der Waals surface area contributed by atoms with Gasteiger partial charge in [0.05, 0.1) is 6.54 Å². The Labute approximate surface area is 75.2 Å². The molecule has 0 heterocycles. The first-order chi connectivity index (χ1) is 5.77. The maximum Gasteiger partial charge on any atom is 0.0569 e. The largest absolute Gasteiger partial charge is 0.294 e. The van der Waals surface area contributed by atoms with Crippen LogP contribution >= 0.6 is 0 Å². The van der Waals surface area contributed by atoms with Crippen LogP contribution in [0.4, 0.5) is 0 Å². The Balaban J connectivity index is 3.45. The molecular formula is C11H17N. The summed E-state index contributed by atoms with van der Waals surface area (Å²) in [6.07, 6.45) is 10.9. The molecule has 0 saturated carbocycles. The first-order valence-corrected chi connectivity index (χ1v) is 4.18. The second kappa shape index (κ2) is 7.99.